The zero-order valence-electron chi connectivity index (χ0n) is 19.1. The smallest absolute Gasteiger partial charge is 0.365 e. The fraction of sp³-hybridized carbons (Fsp3) is 0.167. The molecule has 0 spiro atoms. The number of aromatic nitrogens is 5. The fourth-order valence-electron chi connectivity index (χ4n) is 3.59. The molecule has 0 saturated heterocycles. The predicted molar refractivity (Wildman–Crippen MR) is 132 cm³/mol. The number of aryl methyl sites for hydroxylation is 1. The maximum Gasteiger partial charge on any atom is 0.365 e. The summed E-state index contributed by atoms with van der Waals surface area (Å²) in [5.41, 5.74) is 2.67. The summed E-state index contributed by atoms with van der Waals surface area (Å²) in [7, 11) is 4.75. The van der Waals surface area contributed by atoms with E-state index in [9.17, 15) is 0 Å². The van der Waals surface area contributed by atoms with Gasteiger partial charge in [0.2, 0.25) is 5.75 Å². The van der Waals surface area contributed by atoms with Crippen LogP contribution in [-0.4, -0.2) is 41.3 Å². The summed E-state index contributed by atoms with van der Waals surface area (Å²) in [4.78, 5) is 10.4. The van der Waals surface area contributed by atoms with Gasteiger partial charge in [0.05, 0.1) is 31.1 Å². The van der Waals surface area contributed by atoms with Crippen LogP contribution in [-0.2, 0) is 0 Å². The maximum absolute atomic E-state index is 5.56. The lowest BCUT2D eigenvalue weighted by Crippen LogP contribution is -2.43. The summed E-state index contributed by atoms with van der Waals surface area (Å²) >= 11 is 3.13. The molecular weight excluding hydrogens is 470 g/mol. The fourth-order valence-corrected chi connectivity index (χ4v) is 5.11. The van der Waals surface area contributed by atoms with E-state index < -0.39 is 0 Å². The second-order valence-electron chi connectivity index (χ2n) is 7.23. The highest BCUT2D eigenvalue weighted by molar-refractivity contribution is 7.14. The molecule has 0 aliphatic carbocycles. The molecule has 0 fully saturated rings. The zero-order chi connectivity index (χ0) is 23.7. The number of methoxy groups -OCH3 is 3. The SMILES string of the molecule is COc1cc(-n2nc(-c3cccs3)n[n+]2-c2nc(-c3ccccc3)c(C)s2)cc(OC)c1OC. The summed E-state index contributed by atoms with van der Waals surface area (Å²) in [5.74, 6) is 2.15. The van der Waals surface area contributed by atoms with Crippen LogP contribution in [0.5, 0.6) is 17.2 Å². The Morgan fingerprint density at radius 3 is 2.26 bits per heavy atom. The summed E-state index contributed by atoms with van der Waals surface area (Å²) in [5, 5.41) is 12.3. The van der Waals surface area contributed by atoms with Gasteiger partial charge in [0, 0.05) is 22.8 Å². The van der Waals surface area contributed by atoms with Crippen molar-refractivity contribution >= 4 is 22.7 Å². The second kappa shape index (κ2) is 9.24. The van der Waals surface area contributed by atoms with Crippen LogP contribution >= 0.6 is 22.7 Å². The summed E-state index contributed by atoms with van der Waals surface area (Å²) in [6.45, 7) is 2.06. The third-order valence-electron chi connectivity index (χ3n) is 5.18. The number of nitrogens with zero attached hydrogens (tertiary/aromatic N) is 5. The van der Waals surface area contributed by atoms with E-state index >= 15 is 0 Å². The number of thiophene rings is 1. The Labute approximate surface area is 204 Å². The minimum absolute atomic E-state index is 0.510. The van der Waals surface area contributed by atoms with E-state index in [1.54, 1.807) is 53.6 Å². The maximum atomic E-state index is 5.56. The van der Waals surface area contributed by atoms with Gasteiger partial charge >= 0.3 is 11.0 Å². The lowest BCUT2D eigenvalue weighted by atomic mass is 10.1. The van der Waals surface area contributed by atoms with Gasteiger partial charge < -0.3 is 14.2 Å². The van der Waals surface area contributed by atoms with Crippen molar-refractivity contribution in [1.29, 1.82) is 0 Å². The summed E-state index contributed by atoms with van der Waals surface area (Å²) < 4.78 is 16.6. The first-order chi connectivity index (χ1) is 16.6. The first-order valence-corrected chi connectivity index (χ1v) is 12.1. The molecule has 34 heavy (non-hydrogen) atoms. The van der Waals surface area contributed by atoms with E-state index in [4.69, 9.17) is 29.4 Å². The van der Waals surface area contributed by atoms with Gasteiger partial charge in [0.15, 0.2) is 17.2 Å². The van der Waals surface area contributed by atoms with Crippen LogP contribution in [0.2, 0.25) is 0 Å². The molecule has 0 aliphatic rings. The molecule has 0 N–H and O–H groups in total. The van der Waals surface area contributed by atoms with Crippen LogP contribution in [0.15, 0.2) is 60.0 Å². The van der Waals surface area contributed by atoms with Crippen LogP contribution in [0.3, 0.4) is 0 Å². The summed E-state index contributed by atoms with van der Waals surface area (Å²) in [6.07, 6.45) is 0. The van der Waals surface area contributed by atoms with Crippen LogP contribution in [0.4, 0.5) is 0 Å². The van der Waals surface area contributed by atoms with Crippen molar-refractivity contribution in [1.82, 2.24) is 20.0 Å². The van der Waals surface area contributed by atoms with Gasteiger partial charge in [-0.15, -0.1) is 11.3 Å². The largest absolute Gasteiger partial charge is 0.493 e. The third-order valence-corrected chi connectivity index (χ3v) is 6.99. The van der Waals surface area contributed by atoms with Gasteiger partial charge in [-0.25, -0.2) is 0 Å². The average Bonchev–Trinajstić information content (AvgIpc) is 3.63. The molecule has 3 heterocycles. The predicted octanol–water partition coefficient (Wildman–Crippen LogP) is 4.73. The van der Waals surface area contributed by atoms with Crippen molar-refractivity contribution in [2.45, 2.75) is 6.92 Å². The molecule has 0 amide bonds. The topological polar surface area (TPSA) is 75.2 Å². The van der Waals surface area contributed by atoms with Crippen LogP contribution in [0, 0.1) is 6.92 Å². The molecule has 3 aromatic heterocycles. The van der Waals surface area contributed by atoms with E-state index in [0.29, 0.717) is 33.9 Å². The molecule has 2 aromatic carbocycles. The van der Waals surface area contributed by atoms with E-state index in [1.807, 2.05) is 47.8 Å². The summed E-state index contributed by atoms with van der Waals surface area (Å²) in [6, 6.07) is 17.8. The first kappa shape index (κ1) is 22.1. The van der Waals surface area contributed by atoms with Crippen LogP contribution in [0.25, 0.3) is 32.8 Å². The lowest BCUT2D eigenvalue weighted by molar-refractivity contribution is -0.734. The van der Waals surface area contributed by atoms with Gasteiger partial charge in [-0.2, -0.15) is 0 Å². The molecular formula is C24H22N5O3S2+. The average molecular weight is 493 g/mol. The van der Waals surface area contributed by atoms with Gasteiger partial charge in [-0.1, -0.05) is 52.7 Å². The van der Waals surface area contributed by atoms with Crippen LogP contribution < -0.4 is 19.0 Å². The molecule has 0 bridgehead atoms. The van der Waals surface area contributed by atoms with Crippen molar-refractivity contribution in [2.24, 2.45) is 0 Å². The number of rotatable bonds is 7. The molecule has 8 nitrogen and oxygen atoms in total. The molecule has 0 atom stereocenters. The van der Waals surface area contributed by atoms with E-state index in [1.165, 1.54) is 0 Å². The number of hydrogen-bond acceptors (Lipinski definition) is 8. The highest BCUT2D eigenvalue weighted by atomic mass is 32.1. The third kappa shape index (κ3) is 3.91. The minimum atomic E-state index is 0.510. The molecule has 0 unspecified atom stereocenters. The number of tetrazole rings is 1. The molecule has 10 heteroatoms. The standard InChI is InChI=1S/C24H22N5O3S2/c1-15-21(16-9-6-5-7-10-16)25-24(34-15)29-27-23(20-11-8-12-33-20)26-28(29)17-13-18(30-2)22(32-4)19(14-17)31-3/h5-14H,1-4H3/q+1. The first-order valence-electron chi connectivity index (χ1n) is 10.4. The Balaban J connectivity index is 1.71. The molecule has 5 aromatic rings. The van der Waals surface area contributed by atoms with Crippen molar-refractivity contribution < 1.29 is 19.0 Å². The van der Waals surface area contributed by atoms with Crippen molar-refractivity contribution in [3.8, 4) is 50.0 Å². The Morgan fingerprint density at radius 1 is 0.912 bits per heavy atom. The molecule has 0 aliphatic heterocycles. The van der Waals surface area contributed by atoms with Gasteiger partial charge in [-0.3, -0.25) is 0 Å². The Morgan fingerprint density at radius 2 is 1.65 bits per heavy atom. The Hall–Kier alpha value is -3.76. The van der Waals surface area contributed by atoms with Crippen LogP contribution in [0.1, 0.15) is 4.88 Å². The van der Waals surface area contributed by atoms with E-state index in [-0.39, 0.29) is 0 Å². The number of ether oxygens (including phenoxy) is 3. The second-order valence-corrected chi connectivity index (χ2v) is 9.36. The highest BCUT2D eigenvalue weighted by Gasteiger charge is 2.28. The molecule has 0 radical (unpaired) electrons. The number of hydrogen-bond donors (Lipinski definition) is 0. The molecule has 5 rings (SSSR count). The zero-order valence-corrected chi connectivity index (χ0v) is 20.7. The molecule has 0 saturated carbocycles. The van der Waals surface area contributed by atoms with E-state index in [2.05, 4.69) is 19.1 Å². The number of benzene rings is 2. The quantitative estimate of drug-likeness (QED) is 0.306. The van der Waals surface area contributed by atoms with Gasteiger partial charge in [0.1, 0.15) is 5.69 Å². The molecule has 172 valence electrons. The minimum Gasteiger partial charge on any atom is -0.493 e. The number of thiazole rings is 1. The van der Waals surface area contributed by atoms with Crippen molar-refractivity contribution in [2.75, 3.05) is 21.3 Å². The van der Waals surface area contributed by atoms with Gasteiger partial charge in [0.25, 0.3) is 0 Å². The highest BCUT2D eigenvalue weighted by Crippen LogP contribution is 2.39. The normalized spacial score (nSPS) is 10.9. The van der Waals surface area contributed by atoms with Gasteiger partial charge in [-0.05, 0) is 33.1 Å². The monoisotopic (exact) mass is 492 g/mol. The lowest BCUT2D eigenvalue weighted by Gasteiger charge is -2.13. The Bertz CT molecular complexity index is 1400. The van der Waals surface area contributed by atoms with Crippen molar-refractivity contribution in [3.63, 3.8) is 0 Å². The Kier molecular flexibility index (Phi) is 5.99. The van der Waals surface area contributed by atoms with E-state index in [0.717, 1.165) is 21.0 Å². The van der Waals surface area contributed by atoms with Crippen molar-refractivity contribution in [3.05, 3.63) is 64.9 Å².